The van der Waals surface area contributed by atoms with Gasteiger partial charge in [-0.3, -0.25) is 4.79 Å². The van der Waals surface area contributed by atoms with Crippen LogP contribution in [0.4, 0.5) is 0 Å². The Kier molecular flexibility index (Phi) is 6.53. The Hall–Kier alpha value is -2.87. The normalized spacial score (nSPS) is 11.8. The molecule has 3 aromatic carbocycles. The van der Waals surface area contributed by atoms with Gasteiger partial charge in [0.2, 0.25) is 5.91 Å². The minimum absolute atomic E-state index is 0.0723. The van der Waals surface area contributed by atoms with Crippen molar-refractivity contribution in [3.63, 3.8) is 0 Å². The van der Waals surface area contributed by atoms with Crippen LogP contribution in [0.5, 0.6) is 0 Å². The van der Waals surface area contributed by atoms with Crippen molar-refractivity contribution >= 4 is 5.91 Å². The van der Waals surface area contributed by atoms with Crippen LogP contribution in [0, 0.1) is 5.41 Å². The highest BCUT2D eigenvalue weighted by molar-refractivity contribution is 5.79. The van der Waals surface area contributed by atoms with E-state index < -0.39 is 5.54 Å². The quantitative estimate of drug-likeness (QED) is 0.452. The van der Waals surface area contributed by atoms with Gasteiger partial charge >= 0.3 is 0 Å². The first-order valence-corrected chi connectivity index (χ1v) is 10.5. The summed E-state index contributed by atoms with van der Waals surface area (Å²) in [5.74, 6) is 0.0723. The third kappa shape index (κ3) is 4.76. The van der Waals surface area contributed by atoms with E-state index >= 15 is 0 Å². The number of nitrogens with one attached hydrogen (secondary N) is 1. The molecule has 3 rings (SSSR count). The van der Waals surface area contributed by atoms with Gasteiger partial charge in [0.25, 0.3) is 0 Å². The van der Waals surface area contributed by atoms with Crippen LogP contribution in [0.15, 0.2) is 91.0 Å². The minimum atomic E-state index is -0.725. The van der Waals surface area contributed by atoms with Gasteiger partial charge in [-0.25, -0.2) is 0 Å². The van der Waals surface area contributed by atoms with Crippen LogP contribution in [0.3, 0.4) is 0 Å². The van der Waals surface area contributed by atoms with Crippen molar-refractivity contribution in [2.75, 3.05) is 0 Å². The largest absolute Gasteiger partial charge is 0.338 e. The van der Waals surface area contributed by atoms with Gasteiger partial charge in [-0.2, -0.15) is 0 Å². The molecular weight excluding hydrogens is 354 g/mol. The van der Waals surface area contributed by atoms with E-state index in [0.29, 0.717) is 6.42 Å². The molecule has 2 heteroatoms. The SMILES string of the molecule is CCC(C)(C)CCC(=O)NC(c1ccccc1)(c1ccccc1)c1ccccc1. The molecular formula is C27H31NO. The first-order valence-electron chi connectivity index (χ1n) is 10.5. The summed E-state index contributed by atoms with van der Waals surface area (Å²) in [6, 6.07) is 30.8. The number of hydrogen-bond donors (Lipinski definition) is 1. The molecule has 150 valence electrons. The lowest BCUT2D eigenvalue weighted by molar-refractivity contribution is -0.122. The van der Waals surface area contributed by atoms with Crippen molar-refractivity contribution < 1.29 is 4.79 Å². The molecule has 0 aliphatic rings. The third-order valence-electron chi connectivity index (χ3n) is 5.93. The first kappa shape index (κ1) is 20.9. The number of carbonyl (C=O) groups is 1. The second-order valence-electron chi connectivity index (χ2n) is 8.41. The number of rotatable bonds is 8. The minimum Gasteiger partial charge on any atom is -0.338 e. The highest BCUT2D eigenvalue weighted by atomic mass is 16.1. The fourth-order valence-corrected chi connectivity index (χ4v) is 3.68. The molecule has 0 unspecified atom stereocenters. The summed E-state index contributed by atoms with van der Waals surface area (Å²) in [5.41, 5.74) is 2.60. The molecule has 3 aromatic rings. The Balaban J connectivity index is 2.09. The molecule has 0 aromatic heterocycles. The van der Waals surface area contributed by atoms with E-state index in [4.69, 9.17) is 0 Å². The van der Waals surface area contributed by atoms with Crippen molar-refractivity contribution in [2.24, 2.45) is 5.41 Å². The highest BCUT2D eigenvalue weighted by Gasteiger charge is 2.37. The lowest BCUT2D eigenvalue weighted by Gasteiger charge is -2.37. The van der Waals surface area contributed by atoms with Crippen molar-refractivity contribution in [3.05, 3.63) is 108 Å². The van der Waals surface area contributed by atoms with Crippen molar-refractivity contribution in [2.45, 2.75) is 45.6 Å². The monoisotopic (exact) mass is 385 g/mol. The molecule has 0 fully saturated rings. The van der Waals surface area contributed by atoms with Crippen LogP contribution >= 0.6 is 0 Å². The standard InChI is InChI=1S/C27H31NO/c1-4-26(2,3)21-20-25(29)28-27(22-14-8-5-9-15-22,23-16-10-6-11-17-23)24-18-12-7-13-19-24/h5-19H,4,20-21H2,1-3H3,(H,28,29). The Morgan fingerprint density at radius 1 is 0.724 bits per heavy atom. The van der Waals surface area contributed by atoms with E-state index in [1.807, 2.05) is 54.6 Å². The van der Waals surface area contributed by atoms with E-state index in [0.717, 1.165) is 29.5 Å². The summed E-state index contributed by atoms with van der Waals surface area (Å²) in [7, 11) is 0. The molecule has 0 atom stereocenters. The summed E-state index contributed by atoms with van der Waals surface area (Å²) < 4.78 is 0. The van der Waals surface area contributed by atoms with Crippen LogP contribution in [0.1, 0.15) is 56.7 Å². The maximum atomic E-state index is 13.2. The molecule has 0 aliphatic carbocycles. The van der Waals surface area contributed by atoms with Gasteiger partial charge in [0.1, 0.15) is 5.54 Å². The number of carbonyl (C=O) groups excluding carboxylic acids is 1. The van der Waals surface area contributed by atoms with Gasteiger partial charge < -0.3 is 5.32 Å². The van der Waals surface area contributed by atoms with Crippen LogP contribution in [-0.4, -0.2) is 5.91 Å². The molecule has 0 bridgehead atoms. The number of benzene rings is 3. The molecule has 1 N–H and O–H groups in total. The van der Waals surface area contributed by atoms with Crippen LogP contribution in [0.2, 0.25) is 0 Å². The van der Waals surface area contributed by atoms with E-state index in [1.54, 1.807) is 0 Å². The average Bonchev–Trinajstić information content (AvgIpc) is 2.78. The van der Waals surface area contributed by atoms with Crippen molar-refractivity contribution in [1.29, 1.82) is 0 Å². The summed E-state index contributed by atoms with van der Waals surface area (Å²) in [5, 5.41) is 3.44. The molecule has 2 nitrogen and oxygen atoms in total. The Morgan fingerprint density at radius 2 is 1.10 bits per heavy atom. The molecule has 0 saturated heterocycles. The van der Waals surface area contributed by atoms with Gasteiger partial charge in [-0.1, -0.05) is 118 Å². The molecule has 1 amide bonds. The Morgan fingerprint density at radius 3 is 1.45 bits per heavy atom. The summed E-state index contributed by atoms with van der Waals surface area (Å²) in [6.07, 6.45) is 2.43. The maximum Gasteiger partial charge on any atom is 0.221 e. The average molecular weight is 386 g/mol. The molecule has 0 aliphatic heterocycles. The second kappa shape index (κ2) is 9.09. The van der Waals surface area contributed by atoms with Gasteiger partial charge in [-0.15, -0.1) is 0 Å². The van der Waals surface area contributed by atoms with E-state index in [9.17, 15) is 4.79 Å². The number of hydrogen-bond acceptors (Lipinski definition) is 1. The Labute approximate surface area is 175 Å². The van der Waals surface area contributed by atoms with Crippen LogP contribution < -0.4 is 5.32 Å². The fourth-order valence-electron chi connectivity index (χ4n) is 3.68. The topological polar surface area (TPSA) is 29.1 Å². The van der Waals surface area contributed by atoms with Gasteiger partial charge in [0, 0.05) is 6.42 Å². The van der Waals surface area contributed by atoms with E-state index in [-0.39, 0.29) is 11.3 Å². The summed E-state index contributed by atoms with van der Waals surface area (Å²) >= 11 is 0. The fraction of sp³-hybridized carbons (Fsp3) is 0.296. The third-order valence-corrected chi connectivity index (χ3v) is 5.93. The molecule has 0 heterocycles. The zero-order chi connectivity index (χ0) is 20.7. The smallest absolute Gasteiger partial charge is 0.221 e. The Bertz CT molecular complexity index is 804. The predicted octanol–water partition coefficient (Wildman–Crippen LogP) is 6.31. The highest BCUT2D eigenvalue weighted by Crippen LogP contribution is 2.37. The first-order chi connectivity index (χ1) is 14.0. The van der Waals surface area contributed by atoms with Gasteiger partial charge in [0.15, 0.2) is 0 Å². The van der Waals surface area contributed by atoms with Crippen LogP contribution in [0.25, 0.3) is 0 Å². The van der Waals surface area contributed by atoms with Crippen LogP contribution in [-0.2, 0) is 10.3 Å². The lowest BCUT2D eigenvalue weighted by atomic mass is 9.76. The number of amides is 1. The lowest BCUT2D eigenvalue weighted by Crippen LogP contribution is -2.48. The van der Waals surface area contributed by atoms with Gasteiger partial charge in [0.05, 0.1) is 0 Å². The van der Waals surface area contributed by atoms with E-state index in [1.165, 1.54) is 0 Å². The van der Waals surface area contributed by atoms with E-state index in [2.05, 4.69) is 62.5 Å². The zero-order valence-electron chi connectivity index (χ0n) is 17.7. The molecule has 0 spiro atoms. The molecule has 29 heavy (non-hydrogen) atoms. The molecule has 0 radical (unpaired) electrons. The zero-order valence-corrected chi connectivity index (χ0v) is 17.7. The predicted molar refractivity (Wildman–Crippen MR) is 121 cm³/mol. The van der Waals surface area contributed by atoms with Crippen molar-refractivity contribution in [1.82, 2.24) is 5.32 Å². The maximum absolute atomic E-state index is 13.2. The summed E-state index contributed by atoms with van der Waals surface area (Å²) in [6.45, 7) is 6.62. The second-order valence-corrected chi connectivity index (χ2v) is 8.41. The van der Waals surface area contributed by atoms with Gasteiger partial charge in [-0.05, 0) is 28.5 Å². The van der Waals surface area contributed by atoms with Crippen molar-refractivity contribution in [3.8, 4) is 0 Å². The summed E-state index contributed by atoms with van der Waals surface area (Å²) in [4.78, 5) is 13.2. The molecule has 0 saturated carbocycles.